The number of nitrogens with zero attached hydrogens (tertiary/aromatic N) is 3. The molecule has 144 valence electrons. The van der Waals surface area contributed by atoms with Gasteiger partial charge in [0, 0.05) is 37.1 Å². The average Bonchev–Trinajstić information content (AvgIpc) is 3.02. The zero-order chi connectivity index (χ0) is 19.0. The van der Waals surface area contributed by atoms with Crippen molar-refractivity contribution in [2.24, 2.45) is 0 Å². The molecule has 1 aromatic carbocycles. The molecule has 1 atom stereocenters. The Labute approximate surface area is 162 Å². The van der Waals surface area contributed by atoms with Crippen LogP contribution in [0.5, 0.6) is 5.88 Å². The molecule has 1 fully saturated rings. The molecule has 0 N–H and O–H groups in total. The van der Waals surface area contributed by atoms with Gasteiger partial charge in [-0.3, -0.25) is 4.79 Å². The number of hydrogen-bond acceptors (Lipinski definition) is 5. The van der Waals surface area contributed by atoms with Gasteiger partial charge >= 0.3 is 0 Å². The summed E-state index contributed by atoms with van der Waals surface area (Å²) in [6.45, 7) is 1.80. The molecule has 2 aliphatic heterocycles. The summed E-state index contributed by atoms with van der Waals surface area (Å²) < 4.78 is 32.7. The molecule has 0 bridgehead atoms. The molecule has 0 aliphatic carbocycles. The van der Waals surface area contributed by atoms with E-state index >= 15 is 0 Å². The van der Waals surface area contributed by atoms with Crippen LogP contribution in [0, 0.1) is 0 Å². The van der Waals surface area contributed by atoms with Gasteiger partial charge in [-0.1, -0.05) is 29.8 Å². The van der Waals surface area contributed by atoms with Crippen LogP contribution in [0.4, 0.5) is 0 Å². The van der Waals surface area contributed by atoms with Crippen LogP contribution >= 0.6 is 11.6 Å². The lowest BCUT2D eigenvalue weighted by molar-refractivity contribution is 0.0759. The Morgan fingerprint density at radius 1 is 1.22 bits per heavy atom. The molecule has 27 heavy (non-hydrogen) atoms. The van der Waals surface area contributed by atoms with Crippen molar-refractivity contribution >= 4 is 27.3 Å². The van der Waals surface area contributed by atoms with E-state index in [4.69, 9.17) is 16.3 Å². The lowest BCUT2D eigenvalue weighted by Gasteiger charge is -2.19. The zero-order valence-electron chi connectivity index (χ0n) is 14.7. The third kappa shape index (κ3) is 3.55. The molecule has 2 aromatic rings. The van der Waals surface area contributed by atoms with E-state index in [1.54, 1.807) is 39.9 Å². The Morgan fingerprint density at radius 3 is 2.81 bits per heavy atom. The number of halogens is 1. The zero-order valence-corrected chi connectivity index (χ0v) is 16.2. The second kappa shape index (κ2) is 7.16. The molecule has 3 heterocycles. The number of carbonyl (C=O) groups is 1. The molecule has 9 heteroatoms. The van der Waals surface area contributed by atoms with Gasteiger partial charge in [-0.2, -0.15) is 5.10 Å². The molecule has 7 nitrogen and oxygen atoms in total. The van der Waals surface area contributed by atoms with E-state index in [2.05, 4.69) is 5.10 Å². The van der Waals surface area contributed by atoms with Crippen molar-refractivity contribution < 1.29 is 17.9 Å². The molecular formula is C18H20ClN3O4S. The average molecular weight is 410 g/mol. The fourth-order valence-electron chi connectivity index (χ4n) is 3.57. The number of ether oxygens (including phenoxy) is 1. The molecule has 1 amide bonds. The Balaban J connectivity index is 1.56. The fraction of sp³-hybridized carbons (Fsp3) is 0.444. The topological polar surface area (TPSA) is 81.5 Å². The molecular weight excluding hydrogens is 390 g/mol. The van der Waals surface area contributed by atoms with Gasteiger partial charge in [0.1, 0.15) is 0 Å². The molecule has 0 saturated carbocycles. The second-order valence-electron chi connectivity index (χ2n) is 6.75. The van der Waals surface area contributed by atoms with E-state index in [0.29, 0.717) is 48.3 Å². The van der Waals surface area contributed by atoms with Crippen molar-refractivity contribution in [2.75, 3.05) is 25.4 Å². The smallest absolute Gasteiger partial charge is 0.274 e. The van der Waals surface area contributed by atoms with Crippen molar-refractivity contribution in [3.05, 3.63) is 46.6 Å². The monoisotopic (exact) mass is 409 g/mol. The summed E-state index contributed by atoms with van der Waals surface area (Å²) >= 11 is 6.22. The van der Waals surface area contributed by atoms with E-state index in [1.165, 1.54) is 0 Å². The maximum atomic E-state index is 12.9. The first-order chi connectivity index (χ1) is 13.0. The number of carbonyl (C=O) groups excluding carboxylic acids is 1. The minimum atomic E-state index is -3.42. The molecule has 1 unspecified atom stereocenters. The first kappa shape index (κ1) is 18.3. The van der Waals surface area contributed by atoms with Crippen LogP contribution in [0.25, 0.3) is 0 Å². The van der Waals surface area contributed by atoms with Crippen molar-refractivity contribution in [1.29, 1.82) is 0 Å². The van der Waals surface area contributed by atoms with Crippen LogP contribution in [0.1, 0.15) is 34.1 Å². The highest BCUT2D eigenvalue weighted by atomic mass is 35.5. The van der Waals surface area contributed by atoms with Gasteiger partial charge < -0.3 is 9.64 Å². The molecule has 0 spiro atoms. The van der Waals surface area contributed by atoms with Crippen molar-refractivity contribution in [3.63, 3.8) is 0 Å². The molecule has 0 radical (unpaired) electrons. The number of rotatable bonds is 2. The molecule has 1 aromatic heterocycles. The number of benzene rings is 1. The lowest BCUT2D eigenvalue weighted by atomic mass is 10.1. The minimum absolute atomic E-state index is 0.0985. The predicted molar refractivity (Wildman–Crippen MR) is 101 cm³/mol. The first-order valence-electron chi connectivity index (χ1n) is 8.91. The fourth-order valence-corrected chi connectivity index (χ4v) is 5.71. The van der Waals surface area contributed by atoms with Gasteiger partial charge in [-0.05, 0) is 18.1 Å². The van der Waals surface area contributed by atoms with E-state index in [-0.39, 0.29) is 18.2 Å². The van der Waals surface area contributed by atoms with Crippen LogP contribution in [-0.4, -0.2) is 54.5 Å². The third-order valence-corrected chi connectivity index (χ3v) is 7.46. The first-order valence-corrected chi connectivity index (χ1v) is 11.0. The van der Waals surface area contributed by atoms with Gasteiger partial charge in [0.15, 0.2) is 15.5 Å². The standard InChI is InChI=1S/C18H20ClN3O4S/c19-14-5-2-1-4-13(14)16-6-8-21(9-11-27(16,24)25)18(23)15-12-17-22(20-15)7-3-10-26-17/h1-2,4-5,12,16H,3,6-11H2. The summed E-state index contributed by atoms with van der Waals surface area (Å²) in [5.74, 6) is 0.218. The largest absolute Gasteiger partial charge is 0.478 e. The maximum Gasteiger partial charge on any atom is 0.274 e. The lowest BCUT2D eigenvalue weighted by Crippen LogP contribution is -2.34. The van der Waals surface area contributed by atoms with Crippen LogP contribution in [-0.2, 0) is 16.4 Å². The Kier molecular flexibility index (Phi) is 4.86. The van der Waals surface area contributed by atoms with Gasteiger partial charge in [0.25, 0.3) is 5.91 Å². The minimum Gasteiger partial charge on any atom is -0.478 e. The van der Waals surface area contributed by atoms with Gasteiger partial charge in [-0.15, -0.1) is 0 Å². The molecule has 1 saturated heterocycles. The summed E-state index contributed by atoms with van der Waals surface area (Å²) in [6.07, 6.45) is 1.16. The number of aromatic nitrogens is 2. The molecule has 4 rings (SSSR count). The Hall–Kier alpha value is -2.06. The predicted octanol–water partition coefficient (Wildman–Crippen LogP) is 2.32. The number of amides is 1. The highest BCUT2D eigenvalue weighted by Crippen LogP contribution is 2.34. The Bertz CT molecular complexity index is 949. The van der Waals surface area contributed by atoms with Crippen molar-refractivity contribution in [1.82, 2.24) is 14.7 Å². The maximum absolute atomic E-state index is 12.9. The number of hydrogen-bond donors (Lipinski definition) is 0. The number of aryl methyl sites for hydroxylation is 1. The van der Waals surface area contributed by atoms with Crippen LogP contribution in [0.3, 0.4) is 0 Å². The normalized spacial score (nSPS) is 21.8. The van der Waals surface area contributed by atoms with Crippen LogP contribution < -0.4 is 4.74 Å². The molecule has 2 aliphatic rings. The van der Waals surface area contributed by atoms with Crippen molar-refractivity contribution in [3.8, 4) is 5.88 Å². The highest BCUT2D eigenvalue weighted by Gasteiger charge is 2.34. The summed E-state index contributed by atoms with van der Waals surface area (Å²) in [5, 5.41) is 4.04. The van der Waals surface area contributed by atoms with Crippen LogP contribution in [0.15, 0.2) is 30.3 Å². The summed E-state index contributed by atoms with van der Waals surface area (Å²) in [7, 11) is -3.42. The quantitative estimate of drug-likeness (QED) is 0.760. The Morgan fingerprint density at radius 2 is 2.04 bits per heavy atom. The second-order valence-corrected chi connectivity index (χ2v) is 9.46. The van der Waals surface area contributed by atoms with Gasteiger partial charge in [0.2, 0.25) is 5.88 Å². The van der Waals surface area contributed by atoms with Crippen molar-refractivity contribution in [2.45, 2.75) is 24.6 Å². The summed E-state index contributed by atoms with van der Waals surface area (Å²) in [6, 6.07) is 8.61. The van der Waals surface area contributed by atoms with E-state index in [9.17, 15) is 13.2 Å². The number of sulfone groups is 1. The van der Waals surface area contributed by atoms with Gasteiger partial charge in [0.05, 0.1) is 17.6 Å². The summed E-state index contributed by atoms with van der Waals surface area (Å²) in [4.78, 5) is 14.4. The van der Waals surface area contributed by atoms with E-state index in [0.717, 1.165) is 6.42 Å². The van der Waals surface area contributed by atoms with E-state index in [1.807, 2.05) is 0 Å². The SMILES string of the molecule is O=C(c1cc2n(n1)CCCO2)N1CCC(c2ccccc2Cl)S(=O)(=O)CC1. The van der Waals surface area contributed by atoms with Crippen LogP contribution in [0.2, 0.25) is 5.02 Å². The summed E-state index contributed by atoms with van der Waals surface area (Å²) in [5.41, 5.74) is 0.889. The highest BCUT2D eigenvalue weighted by molar-refractivity contribution is 7.91. The third-order valence-electron chi connectivity index (χ3n) is 5.01. The van der Waals surface area contributed by atoms with E-state index < -0.39 is 15.1 Å². The number of fused-ring (bicyclic) bond motifs is 1. The van der Waals surface area contributed by atoms with Gasteiger partial charge in [-0.25, -0.2) is 13.1 Å².